The van der Waals surface area contributed by atoms with Gasteiger partial charge in [0.15, 0.2) is 5.82 Å². The number of aromatic nitrogens is 2. The van der Waals surface area contributed by atoms with Gasteiger partial charge in [-0.15, -0.1) is 0 Å². The average molecular weight is 420 g/mol. The normalized spacial score (nSPS) is 14.3. The first-order chi connectivity index (χ1) is 14.7. The maximum Gasteiger partial charge on any atom is 0.262 e. The lowest BCUT2D eigenvalue weighted by Gasteiger charge is -2.19. The summed E-state index contributed by atoms with van der Waals surface area (Å²) in [7, 11) is 0. The topological polar surface area (TPSA) is 78.1 Å². The molecule has 6 nitrogen and oxygen atoms in total. The Morgan fingerprint density at radius 2 is 1.74 bits per heavy atom. The van der Waals surface area contributed by atoms with Gasteiger partial charge >= 0.3 is 0 Å². The molecule has 3 aromatic rings. The third-order valence-corrected chi connectivity index (χ3v) is 5.52. The summed E-state index contributed by atoms with van der Waals surface area (Å²) in [6.07, 6.45) is -1.72. The second-order valence-electron chi connectivity index (χ2n) is 8.78. The number of carbonyl (C=O) groups excluding carboxylic acids is 2. The second kappa shape index (κ2) is 7.98. The summed E-state index contributed by atoms with van der Waals surface area (Å²) in [6.45, 7) is 6.76. The molecule has 2 heterocycles. The number of fused-ring (bicyclic) bond motifs is 1. The van der Waals surface area contributed by atoms with Crippen LogP contribution in [0.1, 0.15) is 59.7 Å². The van der Waals surface area contributed by atoms with Crippen molar-refractivity contribution < 1.29 is 14.0 Å². The van der Waals surface area contributed by atoms with Crippen LogP contribution in [-0.2, 0) is 23.3 Å². The summed E-state index contributed by atoms with van der Waals surface area (Å²) in [6, 6.07) is 15.8. The minimum Gasteiger partial charge on any atom is -0.329 e. The van der Waals surface area contributed by atoms with Crippen molar-refractivity contribution in [2.75, 3.05) is 5.32 Å². The van der Waals surface area contributed by atoms with Gasteiger partial charge in [0.05, 0.1) is 18.8 Å². The van der Waals surface area contributed by atoms with Gasteiger partial charge in [0.25, 0.3) is 11.8 Å². The van der Waals surface area contributed by atoms with Gasteiger partial charge in [-0.1, -0.05) is 63.2 Å². The Labute approximate surface area is 180 Å². The van der Waals surface area contributed by atoms with E-state index in [1.54, 1.807) is 42.5 Å². The molecule has 1 aliphatic heterocycles. The Morgan fingerprint density at radius 1 is 1.06 bits per heavy atom. The van der Waals surface area contributed by atoms with E-state index in [4.69, 9.17) is 0 Å². The van der Waals surface area contributed by atoms with Gasteiger partial charge in [-0.25, -0.2) is 4.39 Å². The molecule has 1 atom stereocenters. The molecule has 0 bridgehead atoms. The number of anilines is 1. The average Bonchev–Trinajstić information content (AvgIpc) is 3.34. The largest absolute Gasteiger partial charge is 0.329 e. The summed E-state index contributed by atoms with van der Waals surface area (Å²) in [5, 5.41) is 9.83. The fraction of sp³-hybridized carbons (Fsp3) is 0.292. The van der Waals surface area contributed by atoms with Crippen LogP contribution in [0.15, 0.2) is 54.6 Å². The van der Waals surface area contributed by atoms with E-state index in [0.29, 0.717) is 28.2 Å². The fourth-order valence-corrected chi connectivity index (χ4v) is 3.63. The van der Waals surface area contributed by atoms with Crippen molar-refractivity contribution in [3.63, 3.8) is 0 Å². The molecule has 0 saturated carbocycles. The van der Waals surface area contributed by atoms with E-state index in [1.807, 2.05) is 12.1 Å². The van der Waals surface area contributed by atoms with E-state index in [1.165, 1.54) is 4.90 Å². The summed E-state index contributed by atoms with van der Waals surface area (Å²) in [4.78, 5) is 26.7. The molecule has 0 aliphatic carbocycles. The van der Waals surface area contributed by atoms with E-state index in [2.05, 4.69) is 36.3 Å². The summed E-state index contributed by atoms with van der Waals surface area (Å²) >= 11 is 0. The molecule has 2 amide bonds. The van der Waals surface area contributed by atoms with E-state index in [0.717, 1.165) is 5.56 Å². The maximum atomic E-state index is 14.7. The third-order valence-electron chi connectivity index (χ3n) is 5.52. The molecule has 1 aliphatic rings. The number of nitrogens with one attached hydrogen (secondary N) is 2. The Morgan fingerprint density at radius 3 is 2.39 bits per heavy atom. The molecule has 1 unspecified atom stereocenters. The highest BCUT2D eigenvalue weighted by molar-refractivity contribution is 6.04. The van der Waals surface area contributed by atoms with Gasteiger partial charge in [0.2, 0.25) is 6.17 Å². The first kappa shape index (κ1) is 20.8. The highest BCUT2D eigenvalue weighted by Crippen LogP contribution is 2.31. The van der Waals surface area contributed by atoms with Crippen molar-refractivity contribution in [1.82, 2.24) is 15.1 Å². The lowest BCUT2D eigenvalue weighted by molar-refractivity contribution is -0.137. The van der Waals surface area contributed by atoms with Crippen molar-refractivity contribution in [3.8, 4) is 0 Å². The number of hydrogen-bond donors (Lipinski definition) is 2. The highest BCUT2D eigenvalue weighted by Gasteiger charge is 2.33. The zero-order valence-electron chi connectivity index (χ0n) is 17.8. The smallest absolute Gasteiger partial charge is 0.262 e. The van der Waals surface area contributed by atoms with Crippen molar-refractivity contribution in [2.45, 2.75) is 45.4 Å². The van der Waals surface area contributed by atoms with Crippen LogP contribution in [0, 0.1) is 0 Å². The predicted molar refractivity (Wildman–Crippen MR) is 116 cm³/mol. The number of aromatic amines is 1. The monoisotopic (exact) mass is 420 g/mol. The number of nitrogens with zero attached hydrogens (tertiary/aromatic N) is 2. The number of alkyl halides is 1. The molecule has 7 heteroatoms. The molecular formula is C24H25FN4O2. The van der Waals surface area contributed by atoms with Gasteiger partial charge in [0, 0.05) is 11.1 Å². The summed E-state index contributed by atoms with van der Waals surface area (Å²) < 4.78 is 14.7. The SMILES string of the molecule is CC(C)(C)c1ccc(C(=O)Nc2n[nH]c3c2CN(C(=O)C(F)c2ccccc2)C3)cc1. The molecule has 2 N–H and O–H groups in total. The van der Waals surface area contributed by atoms with Gasteiger partial charge in [-0.2, -0.15) is 5.10 Å². The number of amides is 2. The highest BCUT2D eigenvalue weighted by atomic mass is 19.1. The first-order valence-corrected chi connectivity index (χ1v) is 10.2. The zero-order chi connectivity index (χ0) is 22.2. The Balaban J connectivity index is 1.44. The number of H-pyrrole nitrogens is 1. The van der Waals surface area contributed by atoms with Crippen LogP contribution in [0.3, 0.4) is 0 Å². The van der Waals surface area contributed by atoms with Crippen molar-refractivity contribution in [2.24, 2.45) is 0 Å². The summed E-state index contributed by atoms with van der Waals surface area (Å²) in [5.41, 5.74) is 3.39. The van der Waals surface area contributed by atoms with E-state index in [9.17, 15) is 14.0 Å². The standard InChI is InChI=1S/C24H25FN4O2/c1-24(2,3)17-11-9-16(10-12-17)22(30)26-21-18-13-29(14-19(18)27-28-21)23(31)20(25)15-7-5-4-6-8-15/h4-12,20H,13-14H2,1-3H3,(H2,26,27,28,30). The lowest BCUT2D eigenvalue weighted by Crippen LogP contribution is -2.29. The van der Waals surface area contributed by atoms with Crippen LogP contribution in [0.25, 0.3) is 0 Å². The van der Waals surface area contributed by atoms with Gasteiger partial charge in [-0.3, -0.25) is 14.7 Å². The third kappa shape index (κ3) is 4.21. The minimum absolute atomic E-state index is 0.00203. The van der Waals surface area contributed by atoms with Crippen molar-refractivity contribution >= 4 is 17.6 Å². The lowest BCUT2D eigenvalue weighted by atomic mass is 9.87. The van der Waals surface area contributed by atoms with Crippen LogP contribution in [0.4, 0.5) is 10.2 Å². The number of halogens is 1. The van der Waals surface area contributed by atoms with Gasteiger partial charge in [-0.05, 0) is 28.7 Å². The van der Waals surface area contributed by atoms with E-state index in [-0.39, 0.29) is 24.4 Å². The Hall–Kier alpha value is -3.48. The summed E-state index contributed by atoms with van der Waals surface area (Å²) in [5.74, 6) is -0.525. The van der Waals surface area contributed by atoms with Crippen LogP contribution >= 0.6 is 0 Å². The van der Waals surface area contributed by atoms with Gasteiger partial charge in [0.1, 0.15) is 0 Å². The number of carbonyl (C=O) groups is 2. The van der Waals surface area contributed by atoms with Crippen molar-refractivity contribution in [1.29, 1.82) is 0 Å². The fourth-order valence-electron chi connectivity index (χ4n) is 3.63. The van der Waals surface area contributed by atoms with E-state index >= 15 is 0 Å². The Kier molecular flexibility index (Phi) is 5.35. The van der Waals surface area contributed by atoms with Crippen LogP contribution in [0.5, 0.6) is 0 Å². The van der Waals surface area contributed by atoms with Gasteiger partial charge < -0.3 is 10.2 Å². The second-order valence-corrected chi connectivity index (χ2v) is 8.78. The molecule has 31 heavy (non-hydrogen) atoms. The molecule has 4 rings (SSSR count). The quantitative estimate of drug-likeness (QED) is 0.652. The molecule has 0 radical (unpaired) electrons. The zero-order valence-corrected chi connectivity index (χ0v) is 17.8. The Bertz CT molecular complexity index is 1100. The van der Waals surface area contributed by atoms with Crippen LogP contribution in [-0.4, -0.2) is 26.9 Å². The molecule has 160 valence electrons. The molecule has 1 aromatic heterocycles. The number of hydrogen-bond acceptors (Lipinski definition) is 3. The molecular weight excluding hydrogens is 395 g/mol. The number of rotatable bonds is 4. The maximum absolute atomic E-state index is 14.7. The van der Waals surface area contributed by atoms with E-state index < -0.39 is 12.1 Å². The molecule has 0 spiro atoms. The number of benzene rings is 2. The van der Waals surface area contributed by atoms with Crippen LogP contribution in [0.2, 0.25) is 0 Å². The molecule has 0 saturated heterocycles. The molecule has 2 aromatic carbocycles. The predicted octanol–water partition coefficient (Wildman–Crippen LogP) is 4.51. The van der Waals surface area contributed by atoms with Crippen LogP contribution < -0.4 is 5.32 Å². The van der Waals surface area contributed by atoms with Crippen molar-refractivity contribution in [3.05, 3.63) is 82.5 Å². The molecule has 0 fully saturated rings. The minimum atomic E-state index is -1.72. The first-order valence-electron chi connectivity index (χ1n) is 10.2.